The van der Waals surface area contributed by atoms with E-state index in [1.165, 1.54) is 70.4 Å². The number of rotatable bonds is 3. The Morgan fingerprint density at radius 2 is 0.882 bits per heavy atom. The Morgan fingerprint density at radius 1 is 0.353 bits per heavy atom. The highest BCUT2D eigenvalue weighted by molar-refractivity contribution is 6.29. The number of nitrogens with zero attached hydrogens (tertiary/aromatic N) is 2. The molecule has 3 aromatic heterocycles. The first-order valence-corrected chi connectivity index (χ1v) is 17.5. The van der Waals surface area contributed by atoms with E-state index < -0.39 is 0 Å². The minimum Gasteiger partial charge on any atom is -0.456 e. The van der Waals surface area contributed by atoms with Crippen molar-refractivity contribution in [2.45, 2.75) is 0 Å². The van der Waals surface area contributed by atoms with Gasteiger partial charge in [0.25, 0.3) is 0 Å². The molecule has 3 heteroatoms. The Kier molecular flexibility index (Phi) is 5.23. The number of hydrogen-bond acceptors (Lipinski definition) is 2. The number of anilines is 3. The highest BCUT2D eigenvalue weighted by atomic mass is 16.3. The molecule has 12 rings (SSSR count). The highest BCUT2D eigenvalue weighted by Gasteiger charge is 2.26. The maximum Gasteiger partial charge on any atom is 0.137 e. The van der Waals surface area contributed by atoms with E-state index in [4.69, 9.17) is 4.42 Å². The van der Waals surface area contributed by atoms with Gasteiger partial charge in [-0.05, 0) is 80.8 Å². The highest BCUT2D eigenvalue weighted by Crippen LogP contribution is 2.50. The Balaban J connectivity index is 1.26. The third-order valence-electron chi connectivity index (χ3n) is 11.1. The minimum atomic E-state index is 0.878. The first-order chi connectivity index (χ1) is 25.3. The number of para-hydroxylation sites is 3. The molecule has 236 valence electrons. The quantitative estimate of drug-likeness (QED) is 0.178. The van der Waals surface area contributed by atoms with Gasteiger partial charge in [-0.15, -0.1) is 0 Å². The molecule has 0 N–H and O–H groups in total. The van der Waals surface area contributed by atoms with Crippen LogP contribution in [0, 0.1) is 0 Å². The molecule has 12 aromatic rings. The van der Waals surface area contributed by atoms with Gasteiger partial charge in [0.05, 0.1) is 33.3 Å². The maximum absolute atomic E-state index is 6.49. The van der Waals surface area contributed by atoms with E-state index in [-0.39, 0.29) is 0 Å². The maximum atomic E-state index is 6.49. The van der Waals surface area contributed by atoms with Crippen LogP contribution >= 0.6 is 0 Å². The molecular weight excluding hydrogens is 621 g/mol. The molecule has 3 nitrogen and oxygen atoms in total. The van der Waals surface area contributed by atoms with Crippen molar-refractivity contribution >= 4 is 109 Å². The van der Waals surface area contributed by atoms with Gasteiger partial charge in [-0.2, -0.15) is 0 Å². The van der Waals surface area contributed by atoms with Crippen LogP contribution in [0.25, 0.3) is 92.4 Å². The second-order valence-electron chi connectivity index (χ2n) is 13.6. The minimum absolute atomic E-state index is 0.878. The molecule has 0 aliphatic heterocycles. The molecule has 0 unspecified atom stereocenters. The summed E-state index contributed by atoms with van der Waals surface area (Å²) >= 11 is 0. The topological polar surface area (TPSA) is 20.8 Å². The summed E-state index contributed by atoms with van der Waals surface area (Å²) in [5, 5.41) is 14.8. The summed E-state index contributed by atoms with van der Waals surface area (Å²) in [6, 6.07) is 61.8. The zero-order valence-corrected chi connectivity index (χ0v) is 27.5. The fourth-order valence-corrected chi connectivity index (χ4v) is 9.01. The van der Waals surface area contributed by atoms with Crippen LogP contribution in [0.4, 0.5) is 17.1 Å². The molecule has 0 bridgehead atoms. The van der Waals surface area contributed by atoms with Gasteiger partial charge in [0, 0.05) is 32.6 Å². The summed E-state index contributed by atoms with van der Waals surface area (Å²) in [5.74, 6) is 0. The van der Waals surface area contributed by atoms with Gasteiger partial charge >= 0.3 is 0 Å². The second kappa shape index (κ2) is 9.87. The SMILES string of the molecule is c1ccc2c(c1)oc1cccc(N(c3ccc4c5ccccc5c5ccccc5c4c3)c3ccc4c5ccccc5n5c6ccccc6c3c45)c12. The van der Waals surface area contributed by atoms with Crippen molar-refractivity contribution in [3.63, 3.8) is 0 Å². The summed E-state index contributed by atoms with van der Waals surface area (Å²) in [6.45, 7) is 0. The molecule has 0 saturated carbocycles. The van der Waals surface area contributed by atoms with Crippen molar-refractivity contribution in [3.8, 4) is 0 Å². The largest absolute Gasteiger partial charge is 0.456 e. The standard InChI is InChI=1S/C48H28N2O/c1-2-14-32-30(12-1)31-13-3-4-15-33(31)39-28-29(24-25-34(32)39)49(42-21-11-23-45-46(42)38-18-7-10-22-44(38)51-45)43-27-26-36-35-16-5-8-19-40(35)50-41-20-9-6-17-37(41)47(43)48(36)50/h1-28H. The Morgan fingerprint density at radius 3 is 1.63 bits per heavy atom. The lowest BCUT2D eigenvalue weighted by atomic mass is 9.93. The van der Waals surface area contributed by atoms with E-state index >= 15 is 0 Å². The number of aromatic nitrogens is 1. The van der Waals surface area contributed by atoms with Crippen LogP contribution < -0.4 is 4.90 Å². The first-order valence-electron chi connectivity index (χ1n) is 17.5. The van der Waals surface area contributed by atoms with Crippen molar-refractivity contribution < 1.29 is 4.42 Å². The fourth-order valence-electron chi connectivity index (χ4n) is 9.01. The average molecular weight is 649 g/mol. The summed E-state index contributed by atoms with van der Waals surface area (Å²) in [4.78, 5) is 2.48. The van der Waals surface area contributed by atoms with Crippen molar-refractivity contribution in [2.75, 3.05) is 4.90 Å². The van der Waals surface area contributed by atoms with Gasteiger partial charge in [0.1, 0.15) is 11.2 Å². The molecule has 0 spiro atoms. The smallest absolute Gasteiger partial charge is 0.137 e. The third kappa shape index (κ3) is 3.52. The molecule has 0 aliphatic rings. The van der Waals surface area contributed by atoms with Crippen LogP contribution in [0.15, 0.2) is 174 Å². The van der Waals surface area contributed by atoms with Crippen molar-refractivity contribution in [1.82, 2.24) is 4.40 Å². The molecule has 0 radical (unpaired) electrons. The lowest BCUT2D eigenvalue weighted by molar-refractivity contribution is 0.669. The average Bonchev–Trinajstić information content (AvgIpc) is 3.86. The zero-order chi connectivity index (χ0) is 33.2. The van der Waals surface area contributed by atoms with Crippen LogP contribution in [0.1, 0.15) is 0 Å². The molecular formula is C48H28N2O. The van der Waals surface area contributed by atoms with Gasteiger partial charge in [0.2, 0.25) is 0 Å². The molecule has 0 atom stereocenters. The Bertz CT molecular complexity index is 3350. The zero-order valence-electron chi connectivity index (χ0n) is 27.5. The van der Waals surface area contributed by atoms with Crippen LogP contribution in [0.5, 0.6) is 0 Å². The van der Waals surface area contributed by atoms with Crippen LogP contribution in [-0.2, 0) is 0 Å². The van der Waals surface area contributed by atoms with Crippen LogP contribution in [0.3, 0.4) is 0 Å². The van der Waals surface area contributed by atoms with E-state index in [1.807, 2.05) is 6.07 Å². The lowest BCUT2D eigenvalue weighted by Crippen LogP contribution is -2.11. The molecule has 0 aliphatic carbocycles. The van der Waals surface area contributed by atoms with E-state index in [0.717, 1.165) is 39.0 Å². The summed E-state index contributed by atoms with van der Waals surface area (Å²) in [7, 11) is 0. The normalized spacial score (nSPS) is 12.3. The first kappa shape index (κ1) is 27.0. The predicted molar refractivity (Wildman–Crippen MR) is 216 cm³/mol. The van der Waals surface area contributed by atoms with E-state index in [0.29, 0.717) is 0 Å². The monoisotopic (exact) mass is 648 g/mol. The Labute approximate surface area is 292 Å². The van der Waals surface area contributed by atoms with E-state index in [9.17, 15) is 0 Å². The van der Waals surface area contributed by atoms with Gasteiger partial charge in [-0.3, -0.25) is 0 Å². The summed E-state index contributed by atoms with van der Waals surface area (Å²) in [6.07, 6.45) is 0. The van der Waals surface area contributed by atoms with Gasteiger partial charge in [0.15, 0.2) is 0 Å². The lowest BCUT2D eigenvalue weighted by Gasteiger charge is -2.28. The van der Waals surface area contributed by atoms with Gasteiger partial charge in [-0.25, -0.2) is 0 Å². The molecule has 51 heavy (non-hydrogen) atoms. The molecule has 3 heterocycles. The number of furan rings is 1. The molecule has 0 saturated heterocycles. The molecule has 9 aromatic carbocycles. The fraction of sp³-hybridized carbons (Fsp3) is 0. The summed E-state index contributed by atoms with van der Waals surface area (Å²) < 4.78 is 8.96. The number of hydrogen-bond donors (Lipinski definition) is 0. The van der Waals surface area contributed by atoms with Crippen molar-refractivity contribution in [1.29, 1.82) is 0 Å². The van der Waals surface area contributed by atoms with E-state index in [2.05, 4.69) is 173 Å². The van der Waals surface area contributed by atoms with Gasteiger partial charge < -0.3 is 13.7 Å². The third-order valence-corrected chi connectivity index (χ3v) is 11.1. The number of fused-ring (bicyclic) bond motifs is 15. The molecule has 0 fully saturated rings. The van der Waals surface area contributed by atoms with Crippen LogP contribution in [-0.4, -0.2) is 4.40 Å². The summed E-state index contributed by atoms with van der Waals surface area (Å²) in [5.41, 5.74) is 8.79. The van der Waals surface area contributed by atoms with Gasteiger partial charge in [-0.1, -0.05) is 121 Å². The van der Waals surface area contributed by atoms with Crippen molar-refractivity contribution in [2.24, 2.45) is 0 Å². The van der Waals surface area contributed by atoms with Crippen molar-refractivity contribution in [3.05, 3.63) is 170 Å². The second-order valence-corrected chi connectivity index (χ2v) is 13.6. The predicted octanol–water partition coefficient (Wildman–Crippen LogP) is 13.7. The molecule has 0 amide bonds. The van der Waals surface area contributed by atoms with Crippen LogP contribution in [0.2, 0.25) is 0 Å². The number of benzene rings is 9. The van der Waals surface area contributed by atoms with E-state index in [1.54, 1.807) is 0 Å². The Hall–Kier alpha value is -6.84.